The summed E-state index contributed by atoms with van der Waals surface area (Å²) >= 11 is 0. The lowest BCUT2D eigenvalue weighted by Gasteiger charge is -2.11. The highest BCUT2D eigenvalue weighted by atomic mass is 19.1. The Balaban J connectivity index is 1.90. The minimum Gasteiger partial charge on any atom is -0.488 e. The normalized spacial score (nSPS) is 9.89. The van der Waals surface area contributed by atoms with Crippen LogP contribution < -0.4 is 15.4 Å². The van der Waals surface area contributed by atoms with E-state index in [-0.39, 0.29) is 30.3 Å². The van der Waals surface area contributed by atoms with E-state index in [4.69, 9.17) is 9.47 Å². The summed E-state index contributed by atoms with van der Waals surface area (Å²) in [6.07, 6.45) is 1.45. The van der Waals surface area contributed by atoms with Crippen molar-refractivity contribution in [2.24, 2.45) is 0 Å². The van der Waals surface area contributed by atoms with Gasteiger partial charge in [0.1, 0.15) is 23.7 Å². The molecule has 7 nitrogen and oxygen atoms in total. The van der Waals surface area contributed by atoms with E-state index in [1.165, 1.54) is 24.3 Å². The number of ether oxygens (including phenoxy) is 2. The van der Waals surface area contributed by atoms with Gasteiger partial charge in [0, 0.05) is 6.54 Å². The first kappa shape index (κ1) is 20.6. The maximum absolute atomic E-state index is 12.9. The van der Waals surface area contributed by atoms with Crippen molar-refractivity contribution in [3.8, 4) is 5.75 Å². The molecule has 0 aliphatic rings. The Kier molecular flexibility index (Phi) is 7.71. The second-order valence-corrected chi connectivity index (χ2v) is 5.53. The van der Waals surface area contributed by atoms with Gasteiger partial charge in [-0.1, -0.05) is 30.3 Å². The van der Waals surface area contributed by atoms with Gasteiger partial charge in [-0.3, -0.25) is 10.1 Å². The van der Waals surface area contributed by atoms with Gasteiger partial charge in [0.15, 0.2) is 6.61 Å². The maximum atomic E-state index is 12.9. The van der Waals surface area contributed by atoms with E-state index in [9.17, 15) is 18.8 Å². The number of hydrogen-bond acceptors (Lipinski definition) is 5. The zero-order valence-corrected chi connectivity index (χ0v) is 14.9. The lowest BCUT2D eigenvalue weighted by atomic mass is 10.2. The summed E-state index contributed by atoms with van der Waals surface area (Å²) in [7, 11) is 0. The Morgan fingerprint density at radius 1 is 1.07 bits per heavy atom. The van der Waals surface area contributed by atoms with Crippen molar-refractivity contribution >= 4 is 17.9 Å². The van der Waals surface area contributed by atoms with Crippen LogP contribution in [0.3, 0.4) is 0 Å². The van der Waals surface area contributed by atoms with Gasteiger partial charge < -0.3 is 14.8 Å². The predicted octanol–water partition coefficient (Wildman–Crippen LogP) is 2.57. The number of nitrogens with one attached hydrogen (secondary N) is 2. The maximum Gasteiger partial charge on any atom is 0.342 e. The van der Waals surface area contributed by atoms with Crippen molar-refractivity contribution < 1.29 is 28.2 Å². The third kappa shape index (κ3) is 6.56. The van der Waals surface area contributed by atoms with Gasteiger partial charge in [-0.25, -0.2) is 14.0 Å². The fourth-order valence-corrected chi connectivity index (χ4v) is 2.08. The summed E-state index contributed by atoms with van der Waals surface area (Å²) in [5.41, 5.74) is 0.836. The van der Waals surface area contributed by atoms with Crippen molar-refractivity contribution in [3.05, 3.63) is 78.1 Å². The molecule has 2 N–H and O–H groups in total. The molecule has 2 rings (SSSR count). The van der Waals surface area contributed by atoms with Crippen LogP contribution in [0.25, 0.3) is 0 Å². The third-order valence-electron chi connectivity index (χ3n) is 3.41. The zero-order valence-electron chi connectivity index (χ0n) is 14.9. The number of carbonyl (C=O) groups is 3. The number of esters is 1. The van der Waals surface area contributed by atoms with Crippen LogP contribution in [0.15, 0.2) is 61.2 Å². The first-order valence-electron chi connectivity index (χ1n) is 8.31. The highest BCUT2D eigenvalue weighted by molar-refractivity contribution is 5.97. The van der Waals surface area contributed by atoms with E-state index in [2.05, 4.69) is 11.9 Å². The lowest BCUT2D eigenvalue weighted by molar-refractivity contribution is -0.123. The first-order chi connectivity index (χ1) is 13.5. The molecule has 28 heavy (non-hydrogen) atoms. The molecule has 2 aromatic rings. The minimum atomic E-state index is -0.781. The number of halogens is 1. The predicted molar refractivity (Wildman–Crippen MR) is 99.2 cm³/mol. The Labute approximate surface area is 161 Å². The highest BCUT2D eigenvalue weighted by Gasteiger charge is 2.16. The monoisotopic (exact) mass is 386 g/mol. The van der Waals surface area contributed by atoms with E-state index < -0.39 is 24.5 Å². The second-order valence-electron chi connectivity index (χ2n) is 5.53. The van der Waals surface area contributed by atoms with Crippen molar-refractivity contribution in [2.45, 2.75) is 6.61 Å². The summed E-state index contributed by atoms with van der Waals surface area (Å²) in [5.74, 6) is -1.67. The van der Waals surface area contributed by atoms with Gasteiger partial charge in [-0.2, -0.15) is 0 Å². The molecule has 2 aromatic carbocycles. The topological polar surface area (TPSA) is 93.7 Å². The molecule has 0 aromatic heterocycles. The number of benzene rings is 2. The molecule has 0 saturated carbocycles. The average Bonchev–Trinajstić information content (AvgIpc) is 2.70. The van der Waals surface area contributed by atoms with Crippen molar-refractivity contribution in [1.82, 2.24) is 10.6 Å². The smallest absolute Gasteiger partial charge is 0.342 e. The quantitative estimate of drug-likeness (QED) is 0.537. The van der Waals surface area contributed by atoms with Gasteiger partial charge in [0.25, 0.3) is 5.91 Å². The van der Waals surface area contributed by atoms with Gasteiger partial charge in [-0.15, -0.1) is 6.58 Å². The van der Waals surface area contributed by atoms with Crippen LogP contribution in [0.1, 0.15) is 15.9 Å². The lowest BCUT2D eigenvalue weighted by Crippen LogP contribution is -2.41. The van der Waals surface area contributed by atoms with Gasteiger partial charge in [0.2, 0.25) is 0 Å². The van der Waals surface area contributed by atoms with E-state index in [0.29, 0.717) is 0 Å². The van der Waals surface area contributed by atoms with Crippen LogP contribution in [-0.2, 0) is 16.1 Å². The molecule has 0 heterocycles. The fraction of sp³-hybridized carbons (Fsp3) is 0.150. The van der Waals surface area contributed by atoms with E-state index in [1.54, 1.807) is 30.3 Å². The molecule has 0 fully saturated rings. The number of urea groups is 1. The zero-order chi connectivity index (χ0) is 20.4. The number of amides is 3. The number of imide groups is 1. The molecule has 0 saturated heterocycles. The molecule has 0 aliphatic heterocycles. The fourth-order valence-electron chi connectivity index (χ4n) is 2.08. The average molecular weight is 386 g/mol. The van der Waals surface area contributed by atoms with Crippen LogP contribution >= 0.6 is 0 Å². The number of carbonyl (C=O) groups excluding carboxylic acids is 3. The Morgan fingerprint density at radius 3 is 2.50 bits per heavy atom. The number of rotatable bonds is 8. The van der Waals surface area contributed by atoms with E-state index in [1.807, 2.05) is 5.32 Å². The largest absolute Gasteiger partial charge is 0.488 e. The van der Waals surface area contributed by atoms with Crippen LogP contribution in [0.2, 0.25) is 0 Å². The summed E-state index contributed by atoms with van der Waals surface area (Å²) < 4.78 is 23.5. The van der Waals surface area contributed by atoms with E-state index in [0.717, 1.165) is 5.56 Å². The molecule has 0 radical (unpaired) electrons. The van der Waals surface area contributed by atoms with Crippen molar-refractivity contribution in [2.75, 3.05) is 13.2 Å². The summed E-state index contributed by atoms with van der Waals surface area (Å²) in [6.45, 7) is 3.11. The number of hydrogen-bond donors (Lipinski definition) is 2. The molecular formula is C20H19FN2O5. The Bertz CT molecular complexity index is 852. The molecule has 0 spiro atoms. The molecule has 0 bridgehead atoms. The second kappa shape index (κ2) is 10.5. The van der Waals surface area contributed by atoms with Crippen LogP contribution in [-0.4, -0.2) is 31.1 Å². The van der Waals surface area contributed by atoms with Crippen LogP contribution in [0, 0.1) is 5.82 Å². The summed E-state index contributed by atoms with van der Waals surface area (Å²) in [6, 6.07) is 11.4. The van der Waals surface area contributed by atoms with Crippen LogP contribution in [0.5, 0.6) is 5.75 Å². The van der Waals surface area contributed by atoms with Crippen molar-refractivity contribution in [1.29, 1.82) is 0 Å². The molecule has 0 unspecified atom stereocenters. The number of para-hydroxylation sites is 1. The summed E-state index contributed by atoms with van der Waals surface area (Å²) in [5, 5.41) is 4.37. The Morgan fingerprint density at radius 2 is 1.79 bits per heavy atom. The third-order valence-corrected chi connectivity index (χ3v) is 3.41. The van der Waals surface area contributed by atoms with Gasteiger partial charge in [0.05, 0.1) is 0 Å². The first-order valence-corrected chi connectivity index (χ1v) is 8.31. The highest BCUT2D eigenvalue weighted by Crippen LogP contribution is 2.20. The van der Waals surface area contributed by atoms with E-state index >= 15 is 0 Å². The minimum absolute atomic E-state index is 0.119. The molecule has 0 atom stereocenters. The molecule has 0 aliphatic carbocycles. The molecular weight excluding hydrogens is 367 g/mol. The van der Waals surface area contributed by atoms with Gasteiger partial charge in [-0.05, 0) is 29.8 Å². The van der Waals surface area contributed by atoms with Gasteiger partial charge >= 0.3 is 12.0 Å². The van der Waals surface area contributed by atoms with Crippen molar-refractivity contribution in [3.63, 3.8) is 0 Å². The van der Waals surface area contributed by atoms with Crippen LogP contribution in [0.4, 0.5) is 9.18 Å². The Hall–Kier alpha value is -3.68. The molecule has 3 amide bonds. The standard InChI is InChI=1S/C20H19FN2O5/c1-2-11-22-20(26)23-18(24)13-28-19(25)16-5-3-4-6-17(16)27-12-14-7-9-15(21)10-8-14/h2-10H,1,11-13H2,(H2,22,23,24,26). The summed E-state index contributed by atoms with van der Waals surface area (Å²) in [4.78, 5) is 35.2. The SMILES string of the molecule is C=CCNC(=O)NC(=O)COC(=O)c1ccccc1OCc1ccc(F)cc1. The molecule has 146 valence electrons. The molecule has 8 heteroatoms.